The van der Waals surface area contributed by atoms with Gasteiger partial charge in [0.15, 0.2) is 5.69 Å². The lowest BCUT2D eigenvalue weighted by molar-refractivity contribution is 0.0692. The van der Waals surface area contributed by atoms with Crippen molar-refractivity contribution in [1.82, 2.24) is 9.78 Å². The van der Waals surface area contributed by atoms with Crippen LogP contribution in [0.5, 0.6) is 0 Å². The van der Waals surface area contributed by atoms with Crippen molar-refractivity contribution >= 4 is 17.6 Å². The Morgan fingerprint density at radius 2 is 1.62 bits per heavy atom. The Balaban J connectivity index is 1.79. The molecule has 0 saturated heterocycles. The molecule has 2 aromatic carbocycles. The predicted molar refractivity (Wildman–Crippen MR) is 90.0 cm³/mol. The molecule has 6 nitrogen and oxygen atoms in total. The summed E-state index contributed by atoms with van der Waals surface area (Å²) >= 11 is 0. The number of carbonyl (C=O) groups is 2. The second kappa shape index (κ2) is 6.37. The van der Waals surface area contributed by atoms with E-state index in [4.69, 9.17) is 5.11 Å². The summed E-state index contributed by atoms with van der Waals surface area (Å²) < 4.78 is 1.30. The number of aryl methyl sites for hydroxylation is 1. The summed E-state index contributed by atoms with van der Waals surface area (Å²) in [6, 6.07) is 17.2. The molecule has 1 amide bonds. The number of amides is 1. The minimum Gasteiger partial charge on any atom is -0.478 e. The summed E-state index contributed by atoms with van der Waals surface area (Å²) in [7, 11) is 1.57. The van der Waals surface area contributed by atoms with Gasteiger partial charge in [0.2, 0.25) is 0 Å². The fourth-order valence-corrected chi connectivity index (χ4v) is 2.38. The van der Waals surface area contributed by atoms with Crippen LogP contribution in [0, 0.1) is 0 Å². The first-order chi connectivity index (χ1) is 11.5. The van der Waals surface area contributed by atoms with Crippen LogP contribution in [0.4, 0.5) is 5.69 Å². The number of carboxylic acids is 1. The predicted octanol–water partition coefficient (Wildman–Crippen LogP) is 3.04. The molecule has 0 bridgehead atoms. The molecule has 2 N–H and O–H groups in total. The number of carboxylic acid groups (broad SMARTS) is 1. The highest BCUT2D eigenvalue weighted by atomic mass is 16.4. The van der Waals surface area contributed by atoms with Crippen LogP contribution in [0.1, 0.15) is 20.8 Å². The number of anilines is 1. The monoisotopic (exact) mass is 321 g/mol. The molecule has 0 atom stereocenters. The number of carbonyl (C=O) groups excluding carboxylic acids is 1. The van der Waals surface area contributed by atoms with E-state index in [2.05, 4.69) is 10.4 Å². The Morgan fingerprint density at radius 1 is 1.00 bits per heavy atom. The normalized spacial score (nSPS) is 10.4. The number of hydrogen-bond acceptors (Lipinski definition) is 3. The van der Waals surface area contributed by atoms with Crippen molar-refractivity contribution < 1.29 is 14.7 Å². The van der Waals surface area contributed by atoms with E-state index in [1.54, 1.807) is 19.2 Å². The maximum absolute atomic E-state index is 12.3. The summed E-state index contributed by atoms with van der Waals surface area (Å²) in [5.74, 6) is -1.74. The van der Waals surface area contributed by atoms with E-state index in [1.165, 1.54) is 10.9 Å². The highest BCUT2D eigenvalue weighted by Gasteiger charge is 2.21. The van der Waals surface area contributed by atoms with Crippen LogP contribution in [-0.2, 0) is 7.05 Å². The molecular formula is C18H15N3O3. The maximum Gasteiger partial charge on any atom is 0.339 e. The Kier molecular flexibility index (Phi) is 4.11. The molecule has 0 unspecified atom stereocenters. The molecule has 0 radical (unpaired) electrons. The van der Waals surface area contributed by atoms with Crippen molar-refractivity contribution in [3.63, 3.8) is 0 Å². The summed E-state index contributed by atoms with van der Waals surface area (Å²) in [6.45, 7) is 0. The van der Waals surface area contributed by atoms with E-state index in [9.17, 15) is 9.59 Å². The quantitative estimate of drug-likeness (QED) is 0.773. The van der Waals surface area contributed by atoms with Crippen molar-refractivity contribution in [3.8, 4) is 11.1 Å². The van der Waals surface area contributed by atoms with Crippen molar-refractivity contribution in [2.75, 3.05) is 5.32 Å². The molecule has 3 rings (SSSR count). The first kappa shape index (κ1) is 15.5. The smallest absolute Gasteiger partial charge is 0.339 e. The summed E-state index contributed by atoms with van der Waals surface area (Å²) in [5.41, 5.74) is 2.43. The van der Waals surface area contributed by atoms with Crippen LogP contribution in [0.25, 0.3) is 11.1 Å². The van der Waals surface area contributed by atoms with E-state index in [-0.39, 0.29) is 11.3 Å². The van der Waals surface area contributed by atoms with Gasteiger partial charge in [0, 0.05) is 18.9 Å². The minimum atomic E-state index is -1.19. The zero-order chi connectivity index (χ0) is 17.1. The van der Waals surface area contributed by atoms with E-state index < -0.39 is 11.9 Å². The zero-order valence-electron chi connectivity index (χ0n) is 12.9. The van der Waals surface area contributed by atoms with Crippen molar-refractivity contribution in [3.05, 3.63) is 72.1 Å². The van der Waals surface area contributed by atoms with Crippen molar-refractivity contribution in [2.45, 2.75) is 0 Å². The van der Waals surface area contributed by atoms with Crippen LogP contribution in [-0.4, -0.2) is 26.8 Å². The SMILES string of the molecule is Cn1cc(C(=O)O)c(C(=O)Nc2ccc(-c3ccccc3)cc2)n1. The molecule has 1 heterocycles. The number of aromatic nitrogens is 2. The minimum absolute atomic E-state index is 0.114. The number of nitrogens with one attached hydrogen (secondary N) is 1. The van der Waals surface area contributed by atoms with E-state index >= 15 is 0 Å². The Labute approximate surface area is 138 Å². The van der Waals surface area contributed by atoms with Crippen LogP contribution < -0.4 is 5.32 Å². The summed E-state index contributed by atoms with van der Waals surface area (Å²) in [6.07, 6.45) is 1.30. The number of hydrogen-bond donors (Lipinski definition) is 2. The average Bonchev–Trinajstić information content (AvgIpc) is 2.99. The first-order valence-corrected chi connectivity index (χ1v) is 7.28. The maximum atomic E-state index is 12.3. The highest BCUT2D eigenvalue weighted by molar-refractivity contribution is 6.09. The van der Waals surface area contributed by atoms with E-state index in [0.717, 1.165) is 11.1 Å². The summed E-state index contributed by atoms with van der Waals surface area (Å²) in [4.78, 5) is 23.4. The molecular weight excluding hydrogens is 306 g/mol. The molecule has 24 heavy (non-hydrogen) atoms. The molecule has 0 aliphatic heterocycles. The van der Waals surface area contributed by atoms with Gasteiger partial charge in [0.05, 0.1) is 0 Å². The zero-order valence-corrected chi connectivity index (χ0v) is 12.9. The van der Waals surface area contributed by atoms with E-state index in [1.807, 2.05) is 42.5 Å². The molecule has 120 valence electrons. The second-order valence-corrected chi connectivity index (χ2v) is 5.27. The number of benzene rings is 2. The highest BCUT2D eigenvalue weighted by Crippen LogP contribution is 2.21. The molecule has 6 heteroatoms. The molecule has 0 spiro atoms. The van der Waals surface area contributed by atoms with E-state index in [0.29, 0.717) is 5.69 Å². The molecule has 3 aromatic rings. The van der Waals surface area contributed by atoms with Gasteiger partial charge in [-0.15, -0.1) is 0 Å². The molecule has 0 aliphatic carbocycles. The Morgan fingerprint density at radius 3 is 2.25 bits per heavy atom. The lowest BCUT2D eigenvalue weighted by atomic mass is 10.1. The van der Waals surface area contributed by atoms with Gasteiger partial charge in [0.25, 0.3) is 5.91 Å². The van der Waals surface area contributed by atoms with Gasteiger partial charge in [-0.2, -0.15) is 5.10 Å². The number of aromatic carboxylic acids is 1. The first-order valence-electron chi connectivity index (χ1n) is 7.28. The van der Waals surface area contributed by atoms with Crippen molar-refractivity contribution in [2.24, 2.45) is 7.05 Å². The van der Waals surface area contributed by atoms with Crippen LogP contribution in [0.3, 0.4) is 0 Å². The Bertz CT molecular complexity index is 884. The molecule has 0 aliphatic rings. The molecule has 1 aromatic heterocycles. The van der Waals surface area contributed by atoms with Gasteiger partial charge >= 0.3 is 5.97 Å². The summed E-state index contributed by atoms with van der Waals surface area (Å²) in [5, 5.41) is 15.7. The average molecular weight is 321 g/mol. The van der Waals surface area contributed by atoms with Gasteiger partial charge < -0.3 is 10.4 Å². The van der Waals surface area contributed by atoms with Gasteiger partial charge in [-0.3, -0.25) is 9.48 Å². The fraction of sp³-hybridized carbons (Fsp3) is 0.0556. The largest absolute Gasteiger partial charge is 0.478 e. The third-order valence-electron chi connectivity index (χ3n) is 3.52. The van der Waals surface area contributed by atoms with Gasteiger partial charge in [0.1, 0.15) is 5.56 Å². The topological polar surface area (TPSA) is 84.2 Å². The molecule has 0 fully saturated rings. The van der Waals surface area contributed by atoms with Crippen LogP contribution in [0.15, 0.2) is 60.8 Å². The second-order valence-electron chi connectivity index (χ2n) is 5.27. The lowest BCUT2D eigenvalue weighted by Gasteiger charge is -2.06. The van der Waals surface area contributed by atoms with Gasteiger partial charge in [-0.05, 0) is 23.3 Å². The van der Waals surface area contributed by atoms with Gasteiger partial charge in [-0.1, -0.05) is 42.5 Å². The molecule has 0 saturated carbocycles. The number of nitrogens with zero attached hydrogens (tertiary/aromatic N) is 2. The standard InChI is InChI=1S/C18H15N3O3/c1-21-11-15(18(23)24)16(20-21)17(22)19-14-9-7-13(8-10-14)12-5-3-2-4-6-12/h2-11H,1H3,(H,19,22)(H,23,24). The number of rotatable bonds is 4. The Hall–Kier alpha value is -3.41. The third kappa shape index (κ3) is 3.17. The lowest BCUT2D eigenvalue weighted by Crippen LogP contribution is -2.16. The third-order valence-corrected chi connectivity index (χ3v) is 3.52. The van der Waals surface area contributed by atoms with Crippen molar-refractivity contribution in [1.29, 1.82) is 0 Å². The van der Waals surface area contributed by atoms with Crippen LogP contribution >= 0.6 is 0 Å². The van der Waals surface area contributed by atoms with Gasteiger partial charge in [-0.25, -0.2) is 4.79 Å². The fourth-order valence-electron chi connectivity index (χ4n) is 2.38. The van der Waals surface area contributed by atoms with Crippen LogP contribution in [0.2, 0.25) is 0 Å².